The van der Waals surface area contributed by atoms with Crippen LogP contribution in [0.4, 0.5) is 0 Å². The second kappa shape index (κ2) is 7.14. The first-order valence-corrected chi connectivity index (χ1v) is 9.40. The molecule has 0 bridgehead atoms. The maximum Gasteiger partial charge on any atom is 0.251 e. The molecule has 0 aliphatic carbocycles. The van der Waals surface area contributed by atoms with Crippen molar-refractivity contribution < 1.29 is 17.9 Å². The molecule has 0 aliphatic rings. The van der Waals surface area contributed by atoms with Gasteiger partial charge in [0.25, 0.3) is 5.91 Å². The van der Waals surface area contributed by atoms with Gasteiger partial charge in [-0.2, -0.15) is 0 Å². The fourth-order valence-corrected chi connectivity index (χ4v) is 3.11. The van der Waals surface area contributed by atoms with Crippen molar-refractivity contribution in [2.24, 2.45) is 0 Å². The van der Waals surface area contributed by atoms with Crippen LogP contribution in [0.5, 0.6) is 5.75 Å². The van der Waals surface area contributed by atoms with Crippen LogP contribution in [0.2, 0.25) is 0 Å². The Labute approximate surface area is 143 Å². The summed E-state index contributed by atoms with van der Waals surface area (Å²) < 4.78 is 29.2. The summed E-state index contributed by atoms with van der Waals surface area (Å²) in [5, 5.41) is 2.76. The SMILES string of the molecule is COc1ccc(Br)cc1CNC(=O)c1cccc(S(C)(=O)=O)c1. The van der Waals surface area contributed by atoms with E-state index in [9.17, 15) is 13.2 Å². The smallest absolute Gasteiger partial charge is 0.251 e. The van der Waals surface area contributed by atoms with Crippen molar-refractivity contribution in [2.75, 3.05) is 13.4 Å². The summed E-state index contributed by atoms with van der Waals surface area (Å²) in [4.78, 5) is 12.3. The molecule has 2 aromatic carbocycles. The van der Waals surface area contributed by atoms with E-state index in [0.717, 1.165) is 16.3 Å². The van der Waals surface area contributed by atoms with Gasteiger partial charge in [-0.3, -0.25) is 4.79 Å². The molecule has 0 unspecified atom stereocenters. The Hall–Kier alpha value is -1.86. The highest BCUT2D eigenvalue weighted by Gasteiger charge is 2.12. The van der Waals surface area contributed by atoms with Crippen LogP contribution in [0.3, 0.4) is 0 Å². The maximum atomic E-state index is 12.2. The molecule has 7 heteroatoms. The number of benzene rings is 2. The van der Waals surface area contributed by atoms with Gasteiger partial charge in [0.15, 0.2) is 9.84 Å². The number of carbonyl (C=O) groups excluding carboxylic acids is 1. The Morgan fingerprint density at radius 3 is 2.61 bits per heavy atom. The first kappa shape index (κ1) is 17.5. The van der Waals surface area contributed by atoms with Crippen molar-refractivity contribution in [1.29, 1.82) is 0 Å². The van der Waals surface area contributed by atoms with Gasteiger partial charge in [0.1, 0.15) is 5.75 Å². The number of amides is 1. The van der Waals surface area contributed by atoms with Gasteiger partial charge in [0.05, 0.1) is 12.0 Å². The van der Waals surface area contributed by atoms with Crippen molar-refractivity contribution in [1.82, 2.24) is 5.32 Å². The lowest BCUT2D eigenvalue weighted by atomic mass is 10.1. The second-order valence-electron chi connectivity index (χ2n) is 4.94. The number of nitrogens with one attached hydrogen (secondary N) is 1. The van der Waals surface area contributed by atoms with Crippen LogP contribution in [0, 0.1) is 0 Å². The van der Waals surface area contributed by atoms with Crippen LogP contribution in [-0.2, 0) is 16.4 Å². The minimum Gasteiger partial charge on any atom is -0.496 e. The number of hydrogen-bond acceptors (Lipinski definition) is 4. The maximum absolute atomic E-state index is 12.2. The molecule has 0 fully saturated rings. The average Bonchev–Trinajstić information content (AvgIpc) is 2.52. The highest BCUT2D eigenvalue weighted by molar-refractivity contribution is 9.10. The molecule has 1 N–H and O–H groups in total. The second-order valence-corrected chi connectivity index (χ2v) is 7.87. The average molecular weight is 398 g/mol. The molecule has 0 aliphatic heterocycles. The predicted molar refractivity (Wildman–Crippen MR) is 91.4 cm³/mol. The summed E-state index contributed by atoms with van der Waals surface area (Å²) in [6.07, 6.45) is 1.11. The van der Waals surface area contributed by atoms with Gasteiger partial charge in [0, 0.05) is 28.4 Å². The molecule has 0 aromatic heterocycles. The largest absolute Gasteiger partial charge is 0.496 e. The number of hydrogen-bond donors (Lipinski definition) is 1. The normalized spacial score (nSPS) is 11.1. The Balaban J connectivity index is 2.16. The molecule has 0 spiro atoms. The van der Waals surface area contributed by atoms with Crippen molar-refractivity contribution in [3.05, 3.63) is 58.1 Å². The van der Waals surface area contributed by atoms with Crippen LogP contribution in [0.1, 0.15) is 15.9 Å². The summed E-state index contributed by atoms with van der Waals surface area (Å²) in [7, 11) is -1.79. The molecule has 0 saturated heterocycles. The van der Waals surface area contributed by atoms with Gasteiger partial charge >= 0.3 is 0 Å². The molecule has 23 heavy (non-hydrogen) atoms. The highest BCUT2D eigenvalue weighted by Crippen LogP contribution is 2.23. The van der Waals surface area contributed by atoms with Crippen molar-refractivity contribution in [3.8, 4) is 5.75 Å². The lowest BCUT2D eigenvalue weighted by Crippen LogP contribution is -2.23. The van der Waals surface area contributed by atoms with Gasteiger partial charge in [0.2, 0.25) is 0 Å². The molecule has 0 saturated carbocycles. The van der Waals surface area contributed by atoms with E-state index in [1.165, 1.54) is 12.1 Å². The molecule has 0 heterocycles. The van der Waals surface area contributed by atoms with Crippen molar-refractivity contribution in [3.63, 3.8) is 0 Å². The van der Waals surface area contributed by atoms with Gasteiger partial charge in [-0.25, -0.2) is 8.42 Å². The summed E-state index contributed by atoms with van der Waals surface area (Å²) >= 11 is 3.37. The molecule has 2 rings (SSSR count). The Morgan fingerprint density at radius 1 is 1.22 bits per heavy atom. The quantitative estimate of drug-likeness (QED) is 0.841. The first-order chi connectivity index (χ1) is 10.8. The Kier molecular flexibility index (Phi) is 5.43. The molecular formula is C16H16BrNO4S. The fraction of sp³-hybridized carbons (Fsp3) is 0.188. The van der Waals surface area contributed by atoms with Crippen LogP contribution in [0.15, 0.2) is 51.8 Å². The molecule has 2 aromatic rings. The molecule has 0 atom stereocenters. The van der Waals surface area contributed by atoms with Gasteiger partial charge in [-0.15, -0.1) is 0 Å². The monoisotopic (exact) mass is 397 g/mol. The molecule has 0 radical (unpaired) electrons. The Morgan fingerprint density at radius 2 is 1.96 bits per heavy atom. The fourth-order valence-electron chi connectivity index (χ4n) is 2.03. The van der Waals surface area contributed by atoms with E-state index < -0.39 is 9.84 Å². The highest BCUT2D eigenvalue weighted by atomic mass is 79.9. The zero-order valence-electron chi connectivity index (χ0n) is 12.7. The predicted octanol–water partition coefficient (Wildman–Crippen LogP) is 2.79. The number of ether oxygens (including phenoxy) is 1. The van der Waals surface area contributed by atoms with E-state index in [-0.39, 0.29) is 17.3 Å². The third-order valence-corrected chi connectivity index (χ3v) is 4.81. The number of halogens is 1. The van der Waals surface area contributed by atoms with E-state index in [1.54, 1.807) is 25.3 Å². The van der Waals surface area contributed by atoms with Crippen LogP contribution >= 0.6 is 15.9 Å². The summed E-state index contributed by atoms with van der Waals surface area (Å²) in [6, 6.07) is 11.4. The van der Waals surface area contributed by atoms with E-state index >= 15 is 0 Å². The van der Waals surface area contributed by atoms with Crippen LogP contribution in [0.25, 0.3) is 0 Å². The van der Waals surface area contributed by atoms with Crippen LogP contribution < -0.4 is 10.1 Å². The van der Waals surface area contributed by atoms with Crippen LogP contribution in [-0.4, -0.2) is 27.7 Å². The third-order valence-electron chi connectivity index (χ3n) is 3.21. The van der Waals surface area contributed by atoms with E-state index in [2.05, 4.69) is 21.2 Å². The zero-order chi connectivity index (χ0) is 17.0. The first-order valence-electron chi connectivity index (χ1n) is 6.72. The number of sulfone groups is 1. The lowest BCUT2D eigenvalue weighted by Gasteiger charge is -2.11. The standard InChI is InChI=1S/C16H16BrNO4S/c1-22-15-7-6-13(17)8-12(15)10-18-16(19)11-4-3-5-14(9-11)23(2,20)21/h3-9H,10H2,1-2H3,(H,18,19). The number of methoxy groups -OCH3 is 1. The third kappa shape index (κ3) is 4.56. The van der Waals surface area contributed by atoms with E-state index in [1.807, 2.05) is 12.1 Å². The minimum atomic E-state index is -3.35. The van der Waals surface area contributed by atoms with Gasteiger partial charge in [-0.05, 0) is 36.4 Å². The molecular weight excluding hydrogens is 382 g/mol. The van der Waals surface area contributed by atoms with E-state index in [4.69, 9.17) is 4.74 Å². The summed E-state index contributed by atoms with van der Waals surface area (Å²) in [5.74, 6) is 0.316. The summed E-state index contributed by atoms with van der Waals surface area (Å²) in [6.45, 7) is 0.268. The molecule has 122 valence electrons. The molecule has 5 nitrogen and oxygen atoms in total. The van der Waals surface area contributed by atoms with Crippen molar-refractivity contribution in [2.45, 2.75) is 11.4 Å². The summed E-state index contributed by atoms with van der Waals surface area (Å²) in [5.41, 5.74) is 1.11. The van der Waals surface area contributed by atoms with E-state index in [0.29, 0.717) is 11.3 Å². The molecule has 1 amide bonds. The van der Waals surface area contributed by atoms with Gasteiger partial charge < -0.3 is 10.1 Å². The zero-order valence-corrected chi connectivity index (χ0v) is 15.1. The Bertz CT molecular complexity index is 834. The topological polar surface area (TPSA) is 72.5 Å². The van der Waals surface area contributed by atoms with Crippen molar-refractivity contribution >= 4 is 31.7 Å². The number of rotatable bonds is 5. The minimum absolute atomic E-state index is 0.116. The van der Waals surface area contributed by atoms with Gasteiger partial charge in [-0.1, -0.05) is 22.0 Å². The lowest BCUT2D eigenvalue weighted by molar-refractivity contribution is 0.0950. The number of carbonyl (C=O) groups is 1.